The Kier molecular flexibility index (Phi) is 4.38. The molecule has 2 rings (SSSR count). The predicted octanol–water partition coefficient (Wildman–Crippen LogP) is 4.09. The highest BCUT2D eigenvalue weighted by Gasteiger charge is 2.51. The van der Waals surface area contributed by atoms with E-state index in [4.69, 9.17) is 23.2 Å². The second-order valence-corrected chi connectivity index (χ2v) is 7.70. The van der Waals surface area contributed by atoms with Crippen molar-refractivity contribution in [2.75, 3.05) is 6.54 Å². The third-order valence-electron chi connectivity index (χ3n) is 3.49. The van der Waals surface area contributed by atoms with Crippen molar-refractivity contribution in [3.05, 3.63) is 29.8 Å². The van der Waals surface area contributed by atoms with Gasteiger partial charge >= 0.3 is 0 Å². The summed E-state index contributed by atoms with van der Waals surface area (Å²) in [7, 11) is 0. The van der Waals surface area contributed by atoms with Crippen LogP contribution in [0.2, 0.25) is 0 Å². The zero-order valence-corrected chi connectivity index (χ0v) is 13.5. The standard InChI is InChI=1S/C14H17Cl2NOS/c1-9-4-6-11(7-5-9)19-17-8-12(10(2)15)14(3,16)13(17)18/h4-7,10,12H,8H2,1-3H3. The fourth-order valence-electron chi connectivity index (χ4n) is 2.22. The molecule has 104 valence electrons. The van der Waals surface area contributed by atoms with E-state index < -0.39 is 4.87 Å². The van der Waals surface area contributed by atoms with Gasteiger partial charge in [-0.25, -0.2) is 0 Å². The summed E-state index contributed by atoms with van der Waals surface area (Å²) in [6.07, 6.45) is 0. The van der Waals surface area contributed by atoms with E-state index in [1.165, 1.54) is 17.5 Å². The van der Waals surface area contributed by atoms with Crippen molar-refractivity contribution in [2.24, 2.45) is 5.92 Å². The molecule has 0 aromatic heterocycles. The molecule has 1 aromatic rings. The zero-order valence-electron chi connectivity index (χ0n) is 11.2. The maximum absolute atomic E-state index is 12.3. The van der Waals surface area contributed by atoms with E-state index in [9.17, 15) is 4.79 Å². The summed E-state index contributed by atoms with van der Waals surface area (Å²) < 4.78 is 1.72. The van der Waals surface area contributed by atoms with Gasteiger partial charge in [0.2, 0.25) is 0 Å². The molecule has 0 radical (unpaired) electrons. The van der Waals surface area contributed by atoms with Gasteiger partial charge in [0.1, 0.15) is 4.87 Å². The number of benzene rings is 1. The van der Waals surface area contributed by atoms with E-state index >= 15 is 0 Å². The van der Waals surface area contributed by atoms with E-state index in [0.717, 1.165) is 4.90 Å². The van der Waals surface area contributed by atoms with Gasteiger partial charge in [0.15, 0.2) is 0 Å². The molecule has 0 spiro atoms. The Morgan fingerprint density at radius 2 is 2.00 bits per heavy atom. The number of hydrogen-bond donors (Lipinski definition) is 0. The minimum atomic E-state index is -0.904. The third-order valence-corrected chi connectivity index (χ3v) is 5.26. The van der Waals surface area contributed by atoms with E-state index in [-0.39, 0.29) is 17.2 Å². The van der Waals surface area contributed by atoms with Gasteiger partial charge in [-0.2, -0.15) is 0 Å². The minimum Gasteiger partial charge on any atom is -0.280 e. The van der Waals surface area contributed by atoms with Gasteiger partial charge in [0, 0.05) is 22.7 Å². The molecule has 5 heteroatoms. The van der Waals surface area contributed by atoms with Crippen molar-refractivity contribution in [3.63, 3.8) is 0 Å². The number of halogens is 2. The molecule has 1 heterocycles. The SMILES string of the molecule is Cc1ccc(SN2CC(C(C)Cl)C(C)(Cl)C2=O)cc1. The highest BCUT2D eigenvalue weighted by Crippen LogP contribution is 2.42. The Labute approximate surface area is 128 Å². The molecule has 1 fully saturated rings. The molecule has 2 nitrogen and oxygen atoms in total. The van der Waals surface area contributed by atoms with E-state index in [1.807, 2.05) is 38.1 Å². The van der Waals surface area contributed by atoms with Gasteiger partial charge in [-0.05, 0) is 44.9 Å². The number of rotatable bonds is 3. The Morgan fingerprint density at radius 1 is 1.42 bits per heavy atom. The van der Waals surface area contributed by atoms with Crippen LogP contribution in [0.1, 0.15) is 19.4 Å². The molecule has 0 saturated carbocycles. The van der Waals surface area contributed by atoms with Gasteiger partial charge in [-0.15, -0.1) is 23.2 Å². The van der Waals surface area contributed by atoms with Crippen LogP contribution in [0.3, 0.4) is 0 Å². The molecule has 3 atom stereocenters. The van der Waals surface area contributed by atoms with Gasteiger partial charge in [-0.3, -0.25) is 9.10 Å². The monoisotopic (exact) mass is 317 g/mol. The first-order valence-corrected chi connectivity index (χ1v) is 7.80. The lowest BCUT2D eigenvalue weighted by Gasteiger charge is -2.22. The molecule has 0 N–H and O–H groups in total. The Morgan fingerprint density at radius 3 is 2.47 bits per heavy atom. The van der Waals surface area contributed by atoms with Crippen LogP contribution in [0.4, 0.5) is 0 Å². The lowest BCUT2D eigenvalue weighted by atomic mass is 9.94. The van der Waals surface area contributed by atoms with Crippen LogP contribution >= 0.6 is 35.1 Å². The fourth-order valence-corrected chi connectivity index (χ4v) is 4.04. The smallest absolute Gasteiger partial charge is 0.253 e. The summed E-state index contributed by atoms with van der Waals surface area (Å²) in [5.74, 6) is -0.0986. The van der Waals surface area contributed by atoms with Crippen molar-refractivity contribution >= 4 is 41.1 Å². The van der Waals surface area contributed by atoms with Gasteiger partial charge < -0.3 is 0 Å². The maximum Gasteiger partial charge on any atom is 0.253 e. The van der Waals surface area contributed by atoms with Gasteiger partial charge in [0.05, 0.1) is 0 Å². The summed E-state index contributed by atoms with van der Waals surface area (Å²) in [6, 6.07) is 8.08. The van der Waals surface area contributed by atoms with Crippen LogP contribution in [0.15, 0.2) is 29.2 Å². The molecular weight excluding hydrogens is 301 g/mol. The van der Waals surface area contributed by atoms with Crippen LogP contribution < -0.4 is 0 Å². The zero-order chi connectivity index (χ0) is 14.2. The van der Waals surface area contributed by atoms with Crippen molar-refractivity contribution in [1.82, 2.24) is 4.31 Å². The number of amides is 1. The molecule has 0 aliphatic carbocycles. The molecule has 1 amide bonds. The molecule has 1 aliphatic rings. The van der Waals surface area contributed by atoms with Crippen LogP contribution in [0, 0.1) is 12.8 Å². The number of hydrogen-bond acceptors (Lipinski definition) is 2. The van der Waals surface area contributed by atoms with Crippen molar-refractivity contribution in [2.45, 2.75) is 35.9 Å². The Bertz CT molecular complexity index is 473. The summed E-state index contributed by atoms with van der Waals surface area (Å²) in [6.45, 7) is 6.27. The van der Waals surface area contributed by atoms with Crippen LogP contribution in [0.25, 0.3) is 0 Å². The molecule has 19 heavy (non-hydrogen) atoms. The molecule has 0 bridgehead atoms. The molecular formula is C14H17Cl2NOS. The Hall–Kier alpha value is -0.380. The van der Waals surface area contributed by atoms with Crippen molar-refractivity contribution in [3.8, 4) is 0 Å². The summed E-state index contributed by atoms with van der Waals surface area (Å²) in [4.78, 5) is 12.5. The number of carbonyl (C=O) groups excluding carboxylic acids is 1. The number of aryl methyl sites for hydroxylation is 1. The largest absolute Gasteiger partial charge is 0.280 e. The quantitative estimate of drug-likeness (QED) is 0.618. The molecule has 1 aromatic carbocycles. The highest BCUT2D eigenvalue weighted by molar-refractivity contribution is 7.97. The van der Waals surface area contributed by atoms with Gasteiger partial charge in [0.25, 0.3) is 5.91 Å². The average Bonchev–Trinajstić information content (AvgIpc) is 2.56. The van der Waals surface area contributed by atoms with E-state index in [1.54, 1.807) is 11.2 Å². The molecule has 3 unspecified atom stereocenters. The normalized spacial score (nSPS) is 28.8. The second kappa shape index (κ2) is 5.55. The maximum atomic E-state index is 12.3. The molecule has 1 aliphatic heterocycles. The van der Waals surface area contributed by atoms with Crippen LogP contribution in [-0.4, -0.2) is 27.0 Å². The first kappa shape index (κ1) is 15.0. The summed E-state index contributed by atoms with van der Waals surface area (Å²) >= 11 is 14.0. The molecule has 1 saturated heterocycles. The first-order valence-electron chi connectivity index (χ1n) is 6.22. The number of carbonyl (C=O) groups is 1. The third kappa shape index (κ3) is 3.04. The number of alkyl halides is 2. The predicted molar refractivity (Wildman–Crippen MR) is 81.8 cm³/mol. The van der Waals surface area contributed by atoms with Crippen LogP contribution in [-0.2, 0) is 4.79 Å². The average molecular weight is 318 g/mol. The first-order chi connectivity index (χ1) is 8.82. The topological polar surface area (TPSA) is 20.3 Å². The number of nitrogens with zero attached hydrogens (tertiary/aromatic N) is 1. The van der Waals surface area contributed by atoms with E-state index in [0.29, 0.717) is 6.54 Å². The lowest BCUT2D eigenvalue weighted by Crippen LogP contribution is -2.36. The lowest BCUT2D eigenvalue weighted by molar-refractivity contribution is -0.125. The van der Waals surface area contributed by atoms with Crippen molar-refractivity contribution in [1.29, 1.82) is 0 Å². The minimum absolute atomic E-state index is 0.0405. The van der Waals surface area contributed by atoms with E-state index in [2.05, 4.69) is 0 Å². The van der Waals surface area contributed by atoms with Gasteiger partial charge in [-0.1, -0.05) is 17.7 Å². The highest BCUT2D eigenvalue weighted by atomic mass is 35.5. The summed E-state index contributed by atoms with van der Waals surface area (Å²) in [5, 5.41) is -0.130. The van der Waals surface area contributed by atoms with Crippen LogP contribution in [0.5, 0.6) is 0 Å². The fraction of sp³-hybridized carbons (Fsp3) is 0.500. The summed E-state index contributed by atoms with van der Waals surface area (Å²) in [5.41, 5.74) is 1.20. The van der Waals surface area contributed by atoms with Crippen molar-refractivity contribution < 1.29 is 4.79 Å². The Balaban J connectivity index is 2.14. The second-order valence-electron chi connectivity index (χ2n) is 5.13.